The lowest BCUT2D eigenvalue weighted by Crippen LogP contribution is -2.39. The van der Waals surface area contributed by atoms with Crippen molar-refractivity contribution in [1.82, 2.24) is 15.5 Å². The zero-order chi connectivity index (χ0) is 16.9. The molecule has 0 aliphatic carbocycles. The van der Waals surface area contributed by atoms with Crippen molar-refractivity contribution in [3.05, 3.63) is 35.6 Å². The summed E-state index contributed by atoms with van der Waals surface area (Å²) >= 11 is 0. The summed E-state index contributed by atoms with van der Waals surface area (Å²) in [6, 6.07) is 5.37. The Morgan fingerprint density at radius 2 is 1.91 bits per heavy atom. The first-order chi connectivity index (χ1) is 10.8. The van der Waals surface area contributed by atoms with E-state index in [1.165, 1.54) is 17.0 Å². The summed E-state index contributed by atoms with van der Waals surface area (Å²) in [5, 5.41) is 5.28. The van der Waals surface area contributed by atoms with Crippen LogP contribution < -0.4 is 10.6 Å². The normalized spacial score (nSPS) is 18.9. The minimum atomic E-state index is -4.19. The van der Waals surface area contributed by atoms with Gasteiger partial charge >= 0.3 is 12.2 Å². The molecule has 1 aromatic rings. The number of rotatable bonds is 5. The largest absolute Gasteiger partial charge is 0.401 e. The van der Waals surface area contributed by atoms with Gasteiger partial charge in [0.25, 0.3) is 0 Å². The SMILES string of the molecule is O=C(NCc1ccc(F)cc1)NCC1CCN(CC(F)(F)F)C1. The Morgan fingerprint density at radius 3 is 2.57 bits per heavy atom. The molecule has 1 unspecified atom stereocenters. The van der Waals surface area contributed by atoms with Gasteiger partial charge in [-0.1, -0.05) is 12.1 Å². The van der Waals surface area contributed by atoms with Gasteiger partial charge in [-0.15, -0.1) is 0 Å². The first-order valence-electron chi connectivity index (χ1n) is 7.37. The van der Waals surface area contributed by atoms with E-state index < -0.39 is 12.7 Å². The number of likely N-dealkylation sites (tertiary alicyclic amines) is 1. The molecule has 8 heteroatoms. The van der Waals surface area contributed by atoms with E-state index in [1.54, 1.807) is 12.1 Å². The first-order valence-corrected chi connectivity index (χ1v) is 7.37. The molecule has 1 aliphatic heterocycles. The highest BCUT2D eigenvalue weighted by atomic mass is 19.4. The van der Waals surface area contributed by atoms with E-state index in [1.807, 2.05) is 0 Å². The van der Waals surface area contributed by atoms with Gasteiger partial charge in [0.05, 0.1) is 6.54 Å². The highest BCUT2D eigenvalue weighted by Gasteiger charge is 2.34. The number of hydrogen-bond acceptors (Lipinski definition) is 2. The second-order valence-electron chi connectivity index (χ2n) is 5.70. The molecule has 4 nitrogen and oxygen atoms in total. The van der Waals surface area contributed by atoms with Crippen LogP contribution in [0.5, 0.6) is 0 Å². The van der Waals surface area contributed by atoms with Gasteiger partial charge < -0.3 is 10.6 Å². The van der Waals surface area contributed by atoms with Crippen molar-refractivity contribution < 1.29 is 22.4 Å². The van der Waals surface area contributed by atoms with Crippen molar-refractivity contribution in [2.24, 2.45) is 5.92 Å². The van der Waals surface area contributed by atoms with Crippen molar-refractivity contribution in [1.29, 1.82) is 0 Å². The molecule has 128 valence electrons. The van der Waals surface area contributed by atoms with Gasteiger partial charge in [-0.25, -0.2) is 9.18 Å². The number of urea groups is 1. The third-order valence-corrected chi connectivity index (χ3v) is 3.69. The lowest BCUT2D eigenvalue weighted by molar-refractivity contribution is -0.143. The van der Waals surface area contributed by atoms with Crippen molar-refractivity contribution >= 4 is 6.03 Å². The van der Waals surface area contributed by atoms with E-state index >= 15 is 0 Å². The van der Waals surface area contributed by atoms with Crippen LogP contribution in [0.25, 0.3) is 0 Å². The minimum Gasteiger partial charge on any atom is -0.338 e. The Morgan fingerprint density at radius 1 is 1.22 bits per heavy atom. The molecule has 2 rings (SSSR count). The van der Waals surface area contributed by atoms with Gasteiger partial charge in [-0.3, -0.25) is 4.90 Å². The van der Waals surface area contributed by atoms with Gasteiger partial charge in [0.2, 0.25) is 0 Å². The van der Waals surface area contributed by atoms with Crippen LogP contribution in [0.2, 0.25) is 0 Å². The van der Waals surface area contributed by atoms with E-state index in [4.69, 9.17) is 0 Å². The highest BCUT2D eigenvalue weighted by Crippen LogP contribution is 2.22. The van der Waals surface area contributed by atoms with Crippen LogP contribution in [0, 0.1) is 11.7 Å². The van der Waals surface area contributed by atoms with Crippen LogP contribution >= 0.6 is 0 Å². The van der Waals surface area contributed by atoms with E-state index in [9.17, 15) is 22.4 Å². The van der Waals surface area contributed by atoms with Crippen molar-refractivity contribution in [2.45, 2.75) is 19.1 Å². The monoisotopic (exact) mass is 333 g/mol. The molecule has 1 aliphatic rings. The third kappa shape index (κ3) is 6.43. The van der Waals surface area contributed by atoms with Gasteiger partial charge in [0.1, 0.15) is 5.82 Å². The minimum absolute atomic E-state index is 0.0221. The summed E-state index contributed by atoms with van der Waals surface area (Å²) in [5.74, 6) is -0.322. The maximum absolute atomic E-state index is 12.7. The number of halogens is 4. The fourth-order valence-corrected chi connectivity index (χ4v) is 2.56. The molecule has 0 aromatic heterocycles. The number of amides is 2. The quantitative estimate of drug-likeness (QED) is 0.813. The second kappa shape index (κ2) is 7.63. The zero-order valence-electron chi connectivity index (χ0n) is 12.5. The lowest BCUT2D eigenvalue weighted by atomic mass is 10.1. The second-order valence-corrected chi connectivity index (χ2v) is 5.70. The molecule has 0 spiro atoms. The van der Waals surface area contributed by atoms with Gasteiger partial charge in [-0.05, 0) is 36.6 Å². The molecule has 23 heavy (non-hydrogen) atoms. The van der Waals surface area contributed by atoms with Crippen LogP contribution in [0.15, 0.2) is 24.3 Å². The summed E-state index contributed by atoms with van der Waals surface area (Å²) in [4.78, 5) is 13.0. The number of benzene rings is 1. The molecule has 1 atom stereocenters. The van der Waals surface area contributed by atoms with E-state index in [0.29, 0.717) is 26.1 Å². The number of nitrogens with zero attached hydrogens (tertiary/aromatic N) is 1. The maximum Gasteiger partial charge on any atom is 0.401 e. The molecule has 0 saturated carbocycles. The number of alkyl halides is 3. The first kappa shape index (κ1) is 17.5. The summed E-state index contributed by atoms with van der Waals surface area (Å²) < 4.78 is 49.6. The Balaban J connectivity index is 1.64. The highest BCUT2D eigenvalue weighted by molar-refractivity contribution is 5.73. The molecule has 0 bridgehead atoms. The third-order valence-electron chi connectivity index (χ3n) is 3.69. The summed E-state index contributed by atoms with van der Waals surface area (Å²) in [6.45, 7) is 0.418. The molecular formula is C15H19F4N3O. The zero-order valence-corrected chi connectivity index (χ0v) is 12.5. The van der Waals surface area contributed by atoms with E-state index in [0.717, 1.165) is 5.56 Å². The molecule has 2 amide bonds. The van der Waals surface area contributed by atoms with Crippen molar-refractivity contribution in [3.8, 4) is 0 Å². The summed E-state index contributed by atoms with van der Waals surface area (Å²) in [6.07, 6.45) is -3.55. The van der Waals surface area contributed by atoms with Crippen LogP contribution in [-0.4, -0.2) is 43.3 Å². The fourth-order valence-electron chi connectivity index (χ4n) is 2.56. The topological polar surface area (TPSA) is 44.4 Å². The number of nitrogens with one attached hydrogen (secondary N) is 2. The van der Waals surface area contributed by atoms with E-state index in [2.05, 4.69) is 10.6 Å². The van der Waals surface area contributed by atoms with Crippen molar-refractivity contribution in [2.75, 3.05) is 26.2 Å². The fraction of sp³-hybridized carbons (Fsp3) is 0.533. The predicted octanol–water partition coefficient (Wildman–Crippen LogP) is 2.51. The summed E-state index contributed by atoms with van der Waals surface area (Å²) in [5.41, 5.74) is 0.763. The number of carbonyl (C=O) groups excluding carboxylic acids is 1. The van der Waals surface area contributed by atoms with E-state index in [-0.39, 0.29) is 24.3 Å². The van der Waals surface area contributed by atoms with Crippen LogP contribution in [-0.2, 0) is 6.54 Å². The number of carbonyl (C=O) groups is 1. The van der Waals surface area contributed by atoms with Crippen molar-refractivity contribution in [3.63, 3.8) is 0 Å². The van der Waals surface area contributed by atoms with Gasteiger partial charge in [0.15, 0.2) is 0 Å². The average Bonchev–Trinajstić information content (AvgIpc) is 2.90. The molecule has 1 fully saturated rings. The van der Waals surface area contributed by atoms with Crippen LogP contribution in [0.1, 0.15) is 12.0 Å². The molecule has 1 heterocycles. The van der Waals surface area contributed by atoms with Crippen LogP contribution in [0.4, 0.5) is 22.4 Å². The van der Waals surface area contributed by atoms with Crippen LogP contribution in [0.3, 0.4) is 0 Å². The Kier molecular flexibility index (Phi) is 5.81. The Labute approximate surface area is 131 Å². The maximum atomic E-state index is 12.7. The molecule has 0 radical (unpaired) electrons. The molecule has 1 aromatic carbocycles. The number of hydrogen-bond donors (Lipinski definition) is 2. The Hall–Kier alpha value is -1.83. The predicted molar refractivity (Wildman–Crippen MR) is 77.2 cm³/mol. The molecular weight excluding hydrogens is 314 g/mol. The smallest absolute Gasteiger partial charge is 0.338 e. The standard InChI is InChI=1S/C15H19F4N3O/c16-13-3-1-11(2-4-13)7-20-14(23)21-8-12-5-6-22(9-12)10-15(17,18)19/h1-4,12H,5-10H2,(H2,20,21,23). The Bertz CT molecular complexity index is 518. The lowest BCUT2D eigenvalue weighted by Gasteiger charge is -2.18. The van der Waals surface area contributed by atoms with Gasteiger partial charge in [0, 0.05) is 19.6 Å². The molecule has 2 N–H and O–H groups in total. The molecule has 1 saturated heterocycles. The summed E-state index contributed by atoms with van der Waals surface area (Å²) in [7, 11) is 0. The average molecular weight is 333 g/mol. The van der Waals surface area contributed by atoms with Gasteiger partial charge in [-0.2, -0.15) is 13.2 Å².